The maximum absolute atomic E-state index is 12.2. The first-order valence-corrected chi connectivity index (χ1v) is 8.60. The summed E-state index contributed by atoms with van der Waals surface area (Å²) in [6, 6.07) is -2.47. The van der Waals surface area contributed by atoms with Gasteiger partial charge in [0.25, 0.3) is 0 Å². The van der Waals surface area contributed by atoms with Crippen LogP contribution in [-0.2, 0) is 24.0 Å². The Kier molecular flexibility index (Phi) is 11.0. The van der Waals surface area contributed by atoms with E-state index in [4.69, 9.17) is 15.9 Å². The molecule has 0 bridgehead atoms. The minimum Gasteiger partial charge on any atom is -0.481 e. The zero-order valence-electron chi connectivity index (χ0n) is 13.6. The summed E-state index contributed by atoms with van der Waals surface area (Å²) in [4.78, 5) is 56.9. The molecule has 0 aromatic heterocycles. The Bertz CT molecular complexity index is 515. The van der Waals surface area contributed by atoms with Crippen LogP contribution in [0.4, 0.5) is 0 Å². The van der Waals surface area contributed by atoms with Crippen LogP contribution >= 0.6 is 11.8 Å². The van der Waals surface area contributed by atoms with Crippen LogP contribution < -0.4 is 21.7 Å². The van der Waals surface area contributed by atoms with Crippen molar-refractivity contribution < 1.29 is 34.2 Å². The van der Waals surface area contributed by atoms with Crippen molar-refractivity contribution >= 4 is 41.4 Å². The van der Waals surface area contributed by atoms with Gasteiger partial charge in [0.15, 0.2) is 0 Å². The molecule has 142 valence electrons. The molecule has 0 saturated heterocycles. The Balaban J connectivity index is 5.02. The molecule has 0 aliphatic carbocycles. The quantitative estimate of drug-likeness (QED) is 0.211. The maximum atomic E-state index is 12.2. The average Bonchev–Trinajstić information content (AvgIpc) is 2.54. The molecule has 0 rings (SSSR count). The number of carbonyl (C=O) groups excluding carboxylic acids is 3. The number of nitrogens with two attached hydrogens (primary N) is 1. The number of carboxylic acids is 2. The van der Waals surface area contributed by atoms with E-state index in [1.54, 1.807) is 6.26 Å². The number of hydrogen-bond acceptors (Lipinski definition) is 7. The molecule has 3 amide bonds. The highest BCUT2D eigenvalue weighted by atomic mass is 32.2. The van der Waals surface area contributed by atoms with Gasteiger partial charge < -0.3 is 31.9 Å². The third kappa shape index (κ3) is 10.2. The maximum Gasteiger partial charge on any atom is 0.322 e. The second-order valence-electron chi connectivity index (χ2n) is 4.88. The topological polar surface area (TPSA) is 188 Å². The molecule has 0 fully saturated rings. The SMILES string of the molecule is CSCCC(NC(=O)C(CC(=O)O)NC(=O)CN)C(=O)NCC(=O)O. The van der Waals surface area contributed by atoms with Crippen molar-refractivity contribution in [1.29, 1.82) is 0 Å². The van der Waals surface area contributed by atoms with Crippen LogP contribution in [0.25, 0.3) is 0 Å². The number of aliphatic carboxylic acids is 2. The molecular formula is C13H22N4O7S. The van der Waals surface area contributed by atoms with Crippen LogP contribution in [0.5, 0.6) is 0 Å². The molecule has 0 spiro atoms. The van der Waals surface area contributed by atoms with E-state index in [1.165, 1.54) is 11.8 Å². The molecule has 2 atom stereocenters. The van der Waals surface area contributed by atoms with Gasteiger partial charge in [0.05, 0.1) is 13.0 Å². The van der Waals surface area contributed by atoms with Crippen molar-refractivity contribution in [1.82, 2.24) is 16.0 Å². The van der Waals surface area contributed by atoms with Crippen LogP contribution in [0.15, 0.2) is 0 Å². The number of rotatable bonds is 12. The lowest BCUT2D eigenvalue weighted by atomic mass is 10.1. The molecule has 0 aromatic rings. The summed E-state index contributed by atoms with van der Waals surface area (Å²) in [7, 11) is 0. The Hall–Kier alpha value is -2.34. The zero-order chi connectivity index (χ0) is 19.4. The second-order valence-corrected chi connectivity index (χ2v) is 5.86. The third-order valence-corrected chi connectivity index (χ3v) is 3.52. The summed E-state index contributed by atoms with van der Waals surface area (Å²) in [6.07, 6.45) is 1.29. The van der Waals surface area contributed by atoms with Crippen molar-refractivity contribution in [3.05, 3.63) is 0 Å². The van der Waals surface area contributed by atoms with Crippen molar-refractivity contribution in [2.45, 2.75) is 24.9 Å². The van der Waals surface area contributed by atoms with E-state index < -0.39 is 61.3 Å². The zero-order valence-corrected chi connectivity index (χ0v) is 14.4. The minimum absolute atomic E-state index is 0.197. The van der Waals surface area contributed by atoms with E-state index in [9.17, 15) is 24.0 Å². The molecule has 0 heterocycles. The summed E-state index contributed by atoms with van der Waals surface area (Å²) in [6.45, 7) is -1.05. The number of carboxylic acid groups (broad SMARTS) is 2. The summed E-state index contributed by atoms with van der Waals surface area (Å²) in [5, 5.41) is 24.1. The van der Waals surface area contributed by atoms with Gasteiger partial charge in [-0.3, -0.25) is 24.0 Å². The molecule has 0 radical (unpaired) electrons. The first-order chi connectivity index (χ1) is 11.7. The van der Waals surface area contributed by atoms with Gasteiger partial charge in [0, 0.05) is 0 Å². The van der Waals surface area contributed by atoms with Crippen LogP contribution in [0.2, 0.25) is 0 Å². The fourth-order valence-electron chi connectivity index (χ4n) is 1.70. The predicted octanol–water partition coefficient (Wildman–Crippen LogP) is -2.66. The Morgan fingerprint density at radius 3 is 2.12 bits per heavy atom. The van der Waals surface area contributed by atoms with Crippen molar-refractivity contribution in [3.8, 4) is 0 Å². The molecule has 0 saturated carbocycles. The van der Waals surface area contributed by atoms with Gasteiger partial charge in [-0.05, 0) is 18.4 Å². The normalized spacial score (nSPS) is 12.6. The number of nitrogens with one attached hydrogen (secondary N) is 3. The van der Waals surface area contributed by atoms with E-state index in [2.05, 4.69) is 16.0 Å². The van der Waals surface area contributed by atoms with Gasteiger partial charge in [-0.2, -0.15) is 11.8 Å². The van der Waals surface area contributed by atoms with Gasteiger partial charge >= 0.3 is 11.9 Å². The molecule has 12 heteroatoms. The smallest absolute Gasteiger partial charge is 0.322 e. The van der Waals surface area contributed by atoms with Gasteiger partial charge in [-0.1, -0.05) is 0 Å². The standard InChI is InChI=1S/C13H22N4O7S/c1-25-3-2-7(12(23)15-6-11(21)22)17-13(24)8(4-10(19)20)16-9(18)5-14/h7-8H,2-6,14H2,1H3,(H,15,23)(H,16,18)(H,17,24)(H,19,20)(H,21,22). The first kappa shape index (κ1) is 22.7. The van der Waals surface area contributed by atoms with Crippen LogP contribution in [-0.4, -0.2) is 77.1 Å². The highest BCUT2D eigenvalue weighted by Gasteiger charge is 2.28. The summed E-state index contributed by atoms with van der Waals surface area (Å²) in [5.74, 6) is -4.40. The average molecular weight is 378 g/mol. The number of amides is 3. The first-order valence-electron chi connectivity index (χ1n) is 7.21. The molecule has 11 nitrogen and oxygen atoms in total. The lowest BCUT2D eigenvalue weighted by Gasteiger charge is -2.22. The van der Waals surface area contributed by atoms with Crippen LogP contribution in [0.1, 0.15) is 12.8 Å². The van der Waals surface area contributed by atoms with Crippen molar-refractivity contribution in [3.63, 3.8) is 0 Å². The van der Waals surface area contributed by atoms with E-state index >= 15 is 0 Å². The predicted molar refractivity (Wildman–Crippen MR) is 88.8 cm³/mol. The number of carbonyl (C=O) groups is 5. The number of thioether (sulfide) groups is 1. The van der Waals surface area contributed by atoms with Crippen molar-refractivity contribution in [2.75, 3.05) is 25.1 Å². The molecule has 25 heavy (non-hydrogen) atoms. The van der Waals surface area contributed by atoms with Crippen LogP contribution in [0, 0.1) is 0 Å². The van der Waals surface area contributed by atoms with Gasteiger partial charge in [0.1, 0.15) is 18.6 Å². The second kappa shape index (κ2) is 12.1. The molecule has 0 aliphatic rings. The summed E-state index contributed by atoms with van der Waals surface area (Å²) >= 11 is 1.40. The molecule has 2 unspecified atom stereocenters. The molecular weight excluding hydrogens is 356 g/mol. The number of hydrogen-bond donors (Lipinski definition) is 6. The summed E-state index contributed by atoms with van der Waals surface area (Å²) < 4.78 is 0. The fourth-order valence-corrected chi connectivity index (χ4v) is 2.17. The minimum atomic E-state index is -1.40. The van der Waals surface area contributed by atoms with Crippen molar-refractivity contribution in [2.24, 2.45) is 5.73 Å². The van der Waals surface area contributed by atoms with Gasteiger partial charge in [-0.25, -0.2) is 0 Å². The monoisotopic (exact) mass is 378 g/mol. The highest BCUT2D eigenvalue weighted by Crippen LogP contribution is 2.03. The molecule has 7 N–H and O–H groups in total. The Morgan fingerprint density at radius 2 is 1.64 bits per heavy atom. The Labute approximate surface area is 148 Å². The van der Waals surface area contributed by atoms with E-state index in [0.717, 1.165) is 0 Å². The lowest BCUT2D eigenvalue weighted by Crippen LogP contribution is -2.55. The largest absolute Gasteiger partial charge is 0.481 e. The van der Waals surface area contributed by atoms with E-state index in [1.807, 2.05) is 0 Å². The van der Waals surface area contributed by atoms with Gasteiger partial charge in [-0.15, -0.1) is 0 Å². The van der Waals surface area contributed by atoms with Gasteiger partial charge in [0.2, 0.25) is 17.7 Å². The fraction of sp³-hybridized carbons (Fsp3) is 0.615. The van der Waals surface area contributed by atoms with E-state index in [0.29, 0.717) is 5.75 Å². The lowest BCUT2D eigenvalue weighted by molar-refractivity contribution is -0.141. The van der Waals surface area contributed by atoms with Crippen LogP contribution in [0.3, 0.4) is 0 Å². The molecule has 0 aliphatic heterocycles. The third-order valence-electron chi connectivity index (χ3n) is 2.87. The summed E-state index contributed by atoms with van der Waals surface area (Å²) in [5.41, 5.74) is 5.12. The Morgan fingerprint density at radius 1 is 1.00 bits per heavy atom. The molecule has 0 aromatic carbocycles. The highest BCUT2D eigenvalue weighted by molar-refractivity contribution is 7.98. The van der Waals surface area contributed by atoms with E-state index in [-0.39, 0.29) is 6.42 Å².